The minimum Gasteiger partial charge on any atom is -0.367 e. The van der Waals surface area contributed by atoms with Gasteiger partial charge in [-0.1, -0.05) is 183 Å². The van der Waals surface area contributed by atoms with E-state index in [0.717, 1.165) is 59.4 Å². The first kappa shape index (κ1) is 94.3. The Hall–Kier alpha value is -14.8. The van der Waals surface area contributed by atoms with E-state index in [0.29, 0.717) is 143 Å². The van der Waals surface area contributed by atoms with E-state index in [9.17, 15) is 38.4 Å². The van der Waals surface area contributed by atoms with Crippen LogP contribution in [-0.4, -0.2) is 93.3 Å². The molecule has 10 aromatic heterocycles. The lowest BCUT2D eigenvalue weighted by Gasteiger charge is -2.29. The number of anilines is 1. The predicted octanol–water partition coefficient (Wildman–Crippen LogP) is 21.1. The third kappa shape index (κ3) is 20.0. The van der Waals surface area contributed by atoms with Crippen molar-refractivity contribution in [3.05, 3.63) is 410 Å². The van der Waals surface area contributed by atoms with Crippen LogP contribution in [-0.2, 0) is 0 Å². The van der Waals surface area contributed by atoms with Gasteiger partial charge in [0.1, 0.15) is 11.4 Å². The zero-order chi connectivity index (χ0) is 91.7. The molecule has 5 N–H and O–H groups in total. The minimum absolute atomic E-state index is 0. The maximum absolute atomic E-state index is 13.6. The van der Waals surface area contributed by atoms with Gasteiger partial charge in [0.15, 0.2) is 11.3 Å². The Morgan fingerprint density at radius 3 is 1.17 bits per heavy atom. The number of hydrogen-bond acceptors (Lipinski definition) is 16. The number of carbonyl (C=O) groups is 4. The number of nitrogens with zero attached hydrogens (tertiary/aromatic N) is 12. The zero-order valence-electron chi connectivity index (χ0n) is 71.6. The molecule has 30 heteroatoms. The lowest BCUT2D eigenvalue weighted by molar-refractivity contribution is 0.0926. The number of aromatic amines is 1. The summed E-state index contributed by atoms with van der Waals surface area (Å²) >= 11 is 26.5. The van der Waals surface area contributed by atoms with Crippen LogP contribution in [0.25, 0.3) is 82.7 Å². The molecule has 1 aliphatic rings. The first-order chi connectivity index (χ1) is 63.5. The van der Waals surface area contributed by atoms with Gasteiger partial charge < -0.3 is 31.2 Å². The second kappa shape index (κ2) is 42.0. The van der Waals surface area contributed by atoms with Crippen LogP contribution in [0.15, 0.2) is 311 Å². The fraction of sp³-hybridized carbons (Fsp3) is 0.165. The maximum Gasteiger partial charge on any atom is 0.273 e. The smallest absolute Gasteiger partial charge is 0.273 e. The summed E-state index contributed by atoms with van der Waals surface area (Å²) in [6.45, 7) is 12.7. The van der Waals surface area contributed by atoms with Crippen molar-refractivity contribution in [2.45, 2.75) is 99.8 Å². The Bertz CT molecular complexity index is 7600. The number of benzene rings is 8. The minimum atomic E-state index is -0.494. The summed E-state index contributed by atoms with van der Waals surface area (Å²) in [5.74, 6) is -0.434. The number of aromatic nitrogens is 12. The number of hydrogen-bond donors (Lipinski definition) is 5. The van der Waals surface area contributed by atoms with Gasteiger partial charge in [-0.2, -0.15) is 13.8 Å². The number of carbonyl (C=O) groups excluding carboxylic acids is 4. The van der Waals surface area contributed by atoms with Gasteiger partial charge in [-0.15, -0.1) is 0 Å². The normalized spacial score (nSPS) is 12.6. The van der Waals surface area contributed by atoms with E-state index in [1.54, 1.807) is 134 Å². The lowest BCUT2D eigenvalue weighted by Crippen LogP contribution is -2.35. The van der Waals surface area contributed by atoms with Crippen molar-refractivity contribution in [3.8, 4) is 34.0 Å². The maximum atomic E-state index is 13.6. The standard InChI is InChI=1S/C28H27ClN4O2.C27H21ClN4O2.C25H20ClN5O2.C21H17ClN4O2S.2CH4/c1-19(31-27(34)22-13-9-15-30-26(22)32-16-6-3-7-17-32)24-18-20-10-8-14-23(29)25(20)28(35)33(24)21-11-4-2-5-12-21;1-17(31-26(33)21-10-6-13-30-25(21)19-12-14-29-16-19)23-15-18-7-5-11-22(28)24(18)27(34)32(23)20-8-3-2-4-9-20;1-15(28-24(32)21-16(2)29-30-13-7-12-27-23(21)30)20-14-17-8-6-11-19(26)22(17)25(33)31(20)18-9-4-3-5-10-18;1-12(23-20(27)19-13(2)24-29-25-19)17-11-14-7-6-10-16(22)18(14)21(28)26(17)15-8-4-3-5-9-15;;/h2,4-5,8-15,18-19H,3,6-7,16-17H2,1H3,(H,31,34);2-17,29H,1H3,(H,31,33);3-15H,1-2H3,(H,28,32);3-12H,1-2H3,(H,23,27);2*1H4/t19-;17-;15-;12-;;/m0000../s1. The molecule has 11 heterocycles. The molecule has 1 fully saturated rings. The van der Waals surface area contributed by atoms with Gasteiger partial charge in [-0.25, -0.2) is 14.5 Å². The van der Waals surface area contributed by atoms with Gasteiger partial charge >= 0.3 is 0 Å². The highest BCUT2D eigenvalue weighted by molar-refractivity contribution is 6.99. The van der Waals surface area contributed by atoms with Crippen LogP contribution >= 0.6 is 58.1 Å². The Morgan fingerprint density at radius 2 is 0.774 bits per heavy atom. The molecular formula is C103H93Cl4N17O8S. The van der Waals surface area contributed by atoms with E-state index < -0.39 is 24.2 Å². The predicted molar refractivity (Wildman–Crippen MR) is 532 cm³/mol. The molecule has 133 heavy (non-hydrogen) atoms. The van der Waals surface area contributed by atoms with E-state index in [1.165, 1.54) is 6.42 Å². The number of rotatable bonds is 18. The molecule has 25 nitrogen and oxygen atoms in total. The number of nitrogens with one attached hydrogen (secondary N) is 5. The average molecular weight is 1870 g/mol. The molecule has 0 bridgehead atoms. The van der Waals surface area contributed by atoms with Crippen LogP contribution < -0.4 is 48.4 Å². The second-order valence-electron chi connectivity index (χ2n) is 31.2. The molecule has 0 radical (unpaired) electrons. The van der Waals surface area contributed by atoms with E-state index >= 15 is 0 Å². The van der Waals surface area contributed by atoms with E-state index in [1.807, 2.05) is 222 Å². The van der Waals surface area contributed by atoms with Crippen molar-refractivity contribution in [1.29, 1.82) is 0 Å². The van der Waals surface area contributed by atoms with Crippen molar-refractivity contribution in [2.24, 2.45) is 0 Å². The van der Waals surface area contributed by atoms with Crippen LogP contribution in [0, 0.1) is 13.8 Å². The van der Waals surface area contributed by atoms with Crippen LogP contribution in [0.3, 0.4) is 0 Å². The summed E-state index contributed by atoms with van der Waals surface area (Å²) in [7, 11) is 0. The van der Waals surface area contributed by atoms with Crippen LogP contribution in [0.5, 0.6) is 0 Å². The number of amides is 4. The van der Waals surface area contributed by atoms with Crippen LogP contribution in [0.4, 0.5) is 5.82 Å². The fourth-order valence-electron chi connectivity index (χ4n) is 16.3. The number of fused-ring (bicyclic) bond motifs is 5. The molecule has 0 unspecified atom stereocenters. The molecule has 0 aliphatic carbocycles. The number of H-pyrrole nitrogens is 1. The fourth-order valence-corrected chi connectivity index (χ4v) is 17.9. The summed E-state index contributed by atoms with van der Waals surface area (Å²) in [6, 6.07) is 75.2. The van der Waals surface area contributed by atoms with Gasteiger partial charge in [0.05, 0.1) is 106 Å². The molecule has 18 aromatic rings. The largest absolute Gasteiger partial charge is 0.367 e. The van der Waals surface area contributed by atoms with Gasteiger partial charge in [0.25, 0.3) is 45.9 Å². The zero-order valence-corrected chi connectivity index (χ0v) is 75.5. The second-order valence-corrected chi connectivity index (χ2v) is 33.4. The first-order valence-corrected chi connectivity index (χ1v) is 44.4. The first-order valence-electron chi connectivity index (χ1n) is 42.2. The molecule has 1 saturated heterocycles. The number of pyridine rings is 6. The van der Waals surface area contributed by atoms with E-state index in [4.69, 9.17) is 46.4 Å². The van der Waals surface area contributed by atoms with Gasteiger partial charge in [0, 0.05) is 101 Å². The van der Waals surface area contributed by atoms with E-state index in [-0.39, 0.29) is 60.7 Å². The summed E-state index contributed by atoms with van der Waals surface area (Å²) < 4.78 is 16.1. The SMILES string of the molecule is C.C.C[C@H](NC(=O)c1cccnc1-c1cc[nH]c1)c1cc2cccc(Cl)c2c(=O)n1-c1ccccc1.C[C@H](NC(=O)c1cccnc1N1CCCCC1)c1cc2cccc(Cl)c2c(=O)n1-c1ccccc1.Cc1nn2cccnc2c1C(=O)N[C@@H](C)c1cc2cccc(Cl)c2c(=O)n1-c1ccccc1.Cc1nsnc1C(=O)N[C@@H](C)c1cc2cccc(Cl)c2c(=O)n1-c1ccccc1. The molecule has 1 aliphatic heterocycles. The summed E-state index contributed by atoms with van der Waals surface area (Å²) in [6.07, 6.45) is 13.7. The van der Waals surface area contributed by atoms with Gasteiger partial charge in [-0.05, 0) is 216 Å². The number of halogens is 4. The highest BCUT2D eigenvalue weighted by Gasteiger charge is 2.29. The van der Waals surface area contributed by atoms with Crippen molar-refractivity contribution in [2.75, 3.05) is 18.0 Å². The topological polar surface area (TPSA) is 305 Å². The molecule has 8 aromatic carbocycles. The van der Waals surface area contributed by atoms with Crippen LogP contribution in [0.1, 0.15) is 162 Å². The van der Waals surface area contributed by atoms with Crippen molar-refractivity contribution < 1.29 is 19.2 Å². The summed E-state index contributed by atoms with van der Waals surface area (Å²) in [5, 5.41) is 22.7. The third-order valence-electron chi connectivity index (χ3n) is 22.6. The van der Waals surface area contributed by atoms with Crippen molar-refractivity contribution >= 4 is 136 Å². The average Bonchev–Trinajstić information content (AvgIpc) is 1.22. The van der Waals surface area contributed by atoms with Gasteiger partial charge in [0.2, 0.25) is 0 Å². The Labute approximate surface area is 789 Å². The molecule has 0 saturated carbocycles. The Morgan fingerprint density at radius 1 is 0.398 bits per heavy atom. The number of piperidine rings is 1. The summed E-state index contributed by atoms with van der Waals surface area (Å²) in [4.78, 5) is 125. The lowest BCUT2D eigenvalue weighted by atomic mass is 10.1. The number of aryl methyl sites for hydroxylation is 2. The highest BCUT2D eigenvalue weighted by atomic mass is 35.5. The monoisotopic (exact) mass is 1870 g/mol. The molecular weight excluding hydrogens is 1780 g/mol. The van der Waals surface area contributed by atoms with E-state index in [2.05, 4.69) is 59.9 Å². The Kier molecular flexibility index (Phi) is 29.8. The van der Waals surface area contributed by atoms with Crippen molar-refractivity contribution in [1.82, 2.24) is 77.8 Å². The molecule has 672 valence electrons. The highest BCUT2D eigenvalue weighted by Crippen LogP contribution is 2.34. The third-order valence-corrected chi connectivity index (χ3v) is 24.5. The molecule has 4 atom stereocenters. The summed E-state index contributed by atoms with van der Waals surface area (Å²) in [5.41, 5.74) is 9.17. The van der Waals surface area contributed by atoms with Crippen molar-refractivity contribution in [3.63, 3.8) is 0 Å². The Balaban J connectivity index is 0.000000142. The van der Waals surface area contributed by atoms with Gasteiger partial charge in [-0.3, -0.25) is 61.6 Å². The van der Waals surface area contributed by atoms with Crippen LogP contribution in [0.2, 0.25) is 20.1 Å². The quantitative estimate of drug-likeness (QED) is 0.0533. The molecule has 19 rings (SSSR count). The molecule has 0 spiro atoms. The number of para-hydroxylation sites is 4. The molecule has 4 amide bonds.